The van der Waals surface area contributed by atoms with Gasteiger partial charge in [0.05, 0.1) is 18.7 Å². The third-order valence-electron chi connectivity index (χ3n) is 7.60. The average Bonchev–Trinajstić information content (AvgIpc) is 3.24. The molecule has 0 aromatic heterocycles. The molecule has 1 amide bonds. The number of hydrogen-bond donors (Lipinski definition) is 3. The smallest absolute Gasteiger partial charge is 0.253 e. The van der Waals surface area contributed by atoms with Gasteiger partial charge in [0.1, 0.15) is 5.75 Å². The number of ether oxygens (including phenoxy) is 1. The summed E-state index contributed by atoms with van der Waals surface area (Å²) >= 11 is 0. The predicted molar refractivity (Wildman–Crippen MR) is 168 cm³/mol. The quantitative estimate of drug-likeness (QED) is 0.186. The number of methoxy groups -OCH3 is 1. The van der Waals surface area contributed by atoms with E-state index in [9.17, 15) is 4.79 Å². The largest absolute Gasteiger partial charge is 0.497 e. The van der Waals surface area contributed by atoms with Gasteiger partial charge in [0.15, 0.2) is 0 Å². The topological polar surface area (TPSA) is 124 Å². The maximum atomic E-state index is 11.9. The Morgan fingerprint density at radius 1 is 1.05 bits per heavy atom. The van der Waals surface area contributed by atoms with Crippen molar-refractivity contribution < 1.29 is 31.4 Å². The van der Waals surface area contributed by atoms with Crippen LogP contribution in [0.25, 0.3) is 0 Å². The molecule has 1 unspecified atom stereocenters. The minimum Gasteiger partial charge on any atom is -0.497 e. The fourth-order valence-electron chi connectivity index (χ4n) is 5.33. The molecule has 0 bridgehead atoms. The molecule has 0 fully saturated rings. The number of hydrogen-bond acceptors (Lipinski definition) is 6. The van der Waals surface area contributed by atoms with Crippen LogP contribution in [0.1, 0.15) is 60.3 Å². The number of allylic oxidation sites excluding steroid dienone is 2. The van der Waals surface area contributed by atoms with Crippen molar-refractivity contribution in [1.82, 2.24) is 4.90 Å². The molecule has 227 valence electrons. The summed E-state index contributed by atoms with van der Waals surface area (Å²) in [6, 6.07) is 22.5. The third kappa shape index (κ3) is 7.72. The monoisotopic (exact) mass is 624 g/mol. The summed E-state index contributed by atoms with van der Waals surface area (Å²) in [7, 11) is 1.68. The molecule has 4 rings (SSSR count). The zero-order valence-electron chi connectivity index (χ0n) is 25.3. The Morgan fingerprint density at radius 2 is 1.65 bits per heavy atom. The average molecular weight is 625 g/mol. The van der Waals surface area contributed by atoms with Gasteiger partial charge in [-0.3, -0.25) is 10.2 Å². The molecule has 0 saturated carbocycles. The standard InChI is InChI=1S/C22H23N3O.C12H16N2O2.Co/c1-4-25-20-10-9-18(26-3)13-19(20)22(2,21(25)11-12-23)14-16-5-7-17(15-24)8-6-16;1-3-14(4-2)12(16)10-7-5-9(6-8-10)11(13)15;/h5-13,23H,4,14H2,1-3H3;5-8H,3-4H2,1-2H3,(H2,13,15);/b21-11-,23-12?;;. The van der Waals surface area contributed by atoms with Crippen molar-refractivity contribution in [2.45, 2.75) is 39.5 Å². The van der Waals surface area contributed by atoms with E-state index in [2.05, 4.69) is 36.9 Å². The van der Waals surface area contributed by atoms with E-state index in [0.717, 1.165) is 35.7 Å². The number of nitrogens with zero attached hydrogens (tertiary/aromatic N) is 3. The van der Waals surface area contributed by atoms with Gasteiger partial charge in [-0.05, 0) is 106 Å². The number of nitriles is 1. The molecule has 0 spiro atoms. The van der Waals surface area contributed by atoms with E-state index >= 15 is 0 Å². The van der Waals surface area contributed by atoms with Crippen molar-refractivity contribution in [3.63, 3.8) is 0 Å². The van der Waals surface area contributed by atoms with E-state index in [1.807, 2.05) is 50.3 Å². The van der Waals surface area contributed by atoms with Crippen molar-refractivity contribution in [3.8, 4) is 11.8 Å². The predicted octanol–water partition coefficient (Wildman–Crippen LogP) is 6.49. The van der Waals surface area contributed by atoms with Crippen molar-refractivity contribution in [3.05, 3.63) is 106 Å². The molecule has 3 aromatic rings. The van der Waals surface area contributed by atoms with E-state index in [-0.39, 0.29) is 28.1 Å². The fourth-order valence-corrected chi connectivity index (χ4v) is 5.33. The van der Waals surface area contributed by atoms with Crippen molar-refractivity contribution in [1.29, 1.82) is 16.1 Å². The second kappa shape index (κ2) is 15.7. The van der Waals surface area contributed by atoms with Gasteiger partial charge in [0.2, 0.25) is 5.90 Å². The van der Waals surface area contributed by atoms with E-state index in [0.29, 0.717) is 29.8 Å². The second-order valence-corrected chi connectivity index (χ2v) is 10.1. The minimum absolute atomic E-state index is 0. The number of carbonyl (C=O) groups is 1. The number of rotatable bonds is 9. The Labute approximate surface area is 264 Å². The first kappa shape index (κ1) is 34.8. The van der Waals surface area contributed by atoms with Crippen molar-refractivity contribution in [2.75, 3.05) is 31.6 Å². The Morgan fingerprint density at radius 3 is 2.14 bits per heavy atom. The third-order valence-corrected chi connectivity index (χ3v) is 7.60. The minimum atomic E-state index is -0.484. The zero-order chi connectivity index (χ0) is 30.9. The Kier molecular flexibility index (Phi) is 12.7. The fraction of sp³-hybridized carbons (Fsp3) is 0.294. The van der Waals surface area contributed by atoms with Crippen LogP contribution in [0.4, 0.5) is 5.69 Å². The first-order chi connectivity index (χ1) is 20.2. The molecule has 0 aliphatic carbocycles. The Bertz CT molecular complexity index is 1490. The van der Waals surface area contributed by atoms with Crippen molar-refractivity contribution in [2.24, 2.45) is 0 Å². The van der Waals surface area contributed by atoms with Crippen LogP contribution in [0.2, 0.25) is 0 Å². The summed E-state index contributed by atoms with van der Waals surface area (Å²) in [5.41, 5.74) is 6.03. The number of amides is 1. The van der Waals surface area contributed by atoms with Crippen LogP contribution in [0.3, 0.4) is 0 Å². The summed E-state index contributed by atoms with van der Waals surface area (Å²) in [5, 5.41) is 32.6. The maximum absolute atomic E-state index is 11.9. The van der Waals surface area contributed by atoms with E-state index < -0.39 is 5.90 Å². The Hall–Kier alpha value is -4.39. The molecule has 1 aliphatic heterocycles. The molecular weight excluding hydrogens is 585 g/mol. The summed E-state index contributed by atoms with van der Waals surface area (Å²) in [5.74, 6) is 0.324. The van der Waals surface area contributed by atoms with E-state index in [4.69, 9.17) is 25.9 Å². The van der Waals surface area contributed by atoms with Gasteiger partial charge in [-0.15, -0.1) is 0 Å². The molecule has 8 nitrogen and oxygen atoms in total. The molecule has 1 atom stereocenters. The Balaban J connectivity index is 0.000000328. The molecule has 43 heavy (non-hydrogen) atoms. The number of fused-ring (bicyclic) bond motifs is 1. The number of benzene rings is 3. The molecule has 9 heteroatoms. The van der Waals surface area contributed by atoms with Crippen LogP contribution in [0.5, 0.6) is 5.75 Å². The maximum Gasteiger partial charge on any atom is 0.253 e. The summed E-state index contributed by atoms with van der Waals surface area (Å²) in [6.07, 6.45) is 4.03. The summed E-state index contributed by atoms with van der Waals surface area (Å²) in [4.78, 5) is 15.9. The molecule has 0 saturated heterocycles. The normalized spacial score (nSPS) is 15.7. The van der Waals surface area contributed by atoms with Gasteiger partial charge < -0.3 is 25.1 Å². The molecule has 3 N–H and O–H groups in total. The number of anilines is 1. The van der Waals surface area contributed by atoms with Crippen LogP contribution in [-0.2, 0) is 28.6 Å². The SMILES string of the molecule is CCN(CC)C(=O)c1ccc(C(=N)O)cc1.CCN1/C(=C\C=N)C(C)(Cc2ccc(C#N)cc2)c2cc(OC)ccc21.[Co]. The zero-order valence-corrected chi connectivity index (χ0v) is 26.3. The molecular formula is C34H39CoN5O3. The van der Waals surface area contributed by atoms with Gasteiger partial charge >= 0.3 is 0 Å². The number of aliphatic hydroxyl groups is 1. The summed E-state index contributed by atoms with van der Waals surface area (Å²) in [6.45, 7) is 10.4. The molecule has 1 radical (unpaired) electrons. The van der Waals surface area contributed by atoms with E-state index in [1.54, 1.807) is 36.3 Å². The van der Waals surface area contributed by atoms with Crippen LogP contribution in [-0.4, -0.2) is 54.8 Å². The van der Waals surface area contributed by atoms with Gasteiger partial charge in [0.25, 0.3) is 5.91 Å². The summed E-state index contributed by atoms with van der Waals surface area (Å²) < 4.78 is 5.46. The van der Waals surface area contributed by atoms with Gasteiger partial charge in [-0.2, -0.15) is 5.26 Å². The first-order valence-corrected chi connectivity index (χ1v) is 14.0. The van der Waals surface area contributed by atoms with Gasteiger partial charge in [-0.25, -0.2) is 0 Å². The molecule has 1 aliphatic rings. The number of aliphatic hydroxyl groups excluding tert-OH is 1. The van der Waals surface area contributed by atoms with Crippen LogP contribution in [0.15, 0.2) is 78.5 Å². The number of likely N-dealkylation sites (N-methyl/N-ethyl adjacent to an activating group) is 1. The number of nitrogens with one attached hydrogen (secondary N) is 2. The second-order valence-electron chi connectivity index (χ2n) is 10.1. The van der Waals surface area contributed by atoms with Crippen LogP contribution < -0.4 is 9.64 Å². The number of carbonyl (C=O) groups excluding carboxylic acids is 1. The first-order valence-electron chi connectivity index (χ1n) is 14.0. The van der Waals surface area contributed by atoms with Gasteiger partial charge in [-0.1, -0.05) is 12.1 Å². The van der Waals surface area contributed by atoms with E-state index in [1.165, 1.54) is 11.8 Å². The van der Waals surface area contributed by atoms with Gasteiger partial charge in [0, 0.05) is 70.6 Å². The van der Waals surface area contributed by atoms with Crippen LogP contribution in [0, 0.1) is 22.1 Å². The molecule has 1 heterocycles. The van der Waals surface area contributed by atoms with Crippen molar-refractivity contribution >= 4 is 23.7 Å². The van der Waals surface area contributed by atoms with Crippen LogP contribution >= 0.6 is 0 Å². The molecule has 3 aromatic carbocycles.